The first-order valence-corrected chi connectivity index (χ1v) is 9.02. The van der Waals surface area contributed by atoms with Crippen molar-refractivity contribution in [2.45, 2.75) is 56.8 Å². The molecular formula is C18H23ClN4O. The van der Waals surface area contributed by atoms with Gasteiger partial charge in [-0.05, 0) is 42.9 Å². The Bertz CT molecular complexity index is 694. The molecule has 1 N–H and O–H groups in total. The van der Waals surface area contributed by atoms with Gasteiger partial charge in [-0.2, -0.15) is 5.10 Å². The Hall–Kier alpha value is -1.43. The first-order chi connectivity index (χ1) is 11.7. The van der Waals surface area contributed by atoms with Crippen LogP contribution < -0.4 is 5.32 Å². The zero-order valence-corrected chi connectivity index (χ0v) is 14.7. The minimum absolute atomic E-state index is 0.490. The van der Waals surface area contributed by atoms with Crippen LogP contribution in [-0.4, -0.2) is 34.0 Å². The molecule has 1 atom stereocenters. The summed E-state index contributed by atoms with van der Waals surface area (Å²) in [7, 11) is 1.68. The minimum Gasteiger partial charge on any atom is -0.377 e. The van der Waals surface area contributed by atoms with Crippen molar-refractivity contribution in [3.05, 3.63) is 46.5 Å². The predicted molar refractivity (Wildman–Crippen MR) is 93.2 cm³/mol. The summed E-state index contributed by atoms with van der Waals surface area (Å²) in [5.41, 5.74) is 1.41. The summed E-state index contributed by atoms with van der Waals surface area (Å²) >= 11 is 5.96. The van der Waals surface area contributed by atoms with Gasteiger partial charge in [0.05, 0.1) is 6.54 Å². The van der Waals surface area contributed by atoms with E-state index in [0.717, 1.165) is 36.1 Å². The molecule has 0 amide bonds. The number of rotatable bonds is 5. The monoisotopic (exact) mass is 346 g/mol. The number of halogens is 1. The summed E-state index contributed by atoms with van der Waals surface area (Å²) in [4.78, 5) is 4.54. The number of aromatic nitrogens is 3. The molecule has 1 aliphatic heterocycles. The van der Waals surface area contributed by atoms with E-state index in [4.69, 9.17) is 16.3 Å². The molecule has 1 aromatic carbocycles. The number of nitrogens with zero attached hydrogens (tertiary/aromatic N) is 3. The molecule has 0 saturated heterocycles. The average molecular weight is 347 g/mol. The molecule has 1 saturated carbocycles. The summed E-state index contributed by atoms with van der Waals surface area (Å²) in [6, 6.07) is 9.39. The summed E-state index contributed by atoms with van der Waals surface area (Å²) < 4.78 is 7.17. The van der Waals surface area contributed by atoms with Gasteiger partial charge in [-0.15, -0.1) is 0 Å². The van der Waals surface area contributed by atoms with Gasteiger partial charge in [0.1, 0.15) is 12.4 Å². The number of hydrogen-bond acceptors (Lipinski definition) is 4. The molecule has 2 aromatic rings. The normalized spacial score (nSPS) is 26.0. The Balaban J connectivity index is 1.29. The van der Waals surface area contributed by atoms with Gasteiger partial charge in [0, 0.05) is 30.6 Å². The number of nitrogens with one attached hydrogen (secondary N) is 1. The molecule has 0 unspecified atom stereocenters. The Morgan fingerprint density at radius 1 is 1.25 bits per heavy atom. The zero-order valence-electron chi connectivity index (χ0n) is 13.9. The summed E-state index contributed by atoms with van der Waals surface area (Å²) in [5, 5.41) is 9.15. The van der Waals surface area contributed by atoms with Crippen molar-refractivity contribution < 1.29 is 4.74 Å². The van der Waals surface area contributed by atoms with Crippen LogP contribution in [0.4, 0.5) is 0 Å². The summed E-state index contributed by atoms with van der Waals surface area (Å²) in [6.07, 6.45) is 4.53. The first-order valence-electron chi connectivity index (χ1n) is 8.64. The second-order valence-electron chi connectivity index (χ2n) is 6.88. The smallest absolute Gasteiger partial charge is 0.176 e. The number of benzene rings is 1. The number of methoxy groups -OCH3 is 1. The quantitative estimate of drug-likeness (QED) is 0.904. The van der Waals surface area contributed by atoms with Gasteiger partial charge in [0.2, 0.25) is 0 Å². The van der Waals surface area contributed by atoms with Crippen molar-refractivity contribution in [2.24, 2.45) is 0 Å². The molecular weight excluding hydrogens is 324 g/mol. The topological polar surface area (TPSA) is 52.0 Å². The fraction of sp³-hybridized carbons (Fsp3) is 0.556. The van der Waals surface area contributed by atoms with Crippen LogP contribution in [0.2, 0.25) is 5.02 Å². The largest absolute Gasteiger partial charge is 0.377 e. The van der Waals surface area contributed by atoms with Gasteiger partial charge in [-0.1, -0.05) is 23.7 Å². The van der Waals surface area contributed by atoms with Crippen LogP contribution in [-0.2, 0) is 24.3 Å². The molecule has 1 aromatic heterocycles. The molecule has 128 valence electrons. The van der Waals surface area contributed by atoms with Gasteiger partial charge in [0.15, 0.2) is 5.82 Å². The lowest BCUT2D eigenvalue weighted by Gasteiger charge is -2.39. The molecule has 0 spiro atoms. The second kappa shape index (κ2) is 6.82. The number of ether oxygens (including phenoxy) is 1. The van der Waals surface area contributed by atoms with Crippen LogP contribution >= 0.6 is 11.6 Å². The van der Waals surface area contributed by atoms with E-state index in [1.807, 2.05) is 16.8 Å². The highest BCUT2D eigenvalue weighted by molar-refractivity contribution is 6.30. The van der Waals surface area contributed by atoms with Crippen LogP contribution in [0.15, 0.2) is 24.3 Å². The van der Waals surface area contributed by atoms with Gasteiger partial charge in [0.25, 0.3) is 0 Å². The van der Waals surface area contributed by atoms with Crippen molar-refractivity contribution >= 4 is 11.6 Å². The third-order valence-corrected chi connectivity index (χ3v) is 5.38. The first kappa shape index (κ1) is 16.1. The van der Waals surface area contributed by atoms with E-state index in [0.29, 0.717) is 24.6 Å². The highest BCUT2D eigenvalue weighted by atomic mass is 35.5. The van der Waals surface area contributed by atoms with Crippen molar-refractivity contribution in [1.29, 1.82) is 0 Å². The van der Waals surface area contributed by atoms with Crippen LogP contribution in [0.25, 0.3) is 0 Å². The lowest BCUT2D eigenvalue weighted by atomic mass is 9.75. The molecule has 2 heterocycles. The van der Waals surface area contributed by atoms with Gasteiger partial charge < -0.3 is 10.1 Å². The second-order valence-corrected chi connectivity index (χ2v) is 7.31. The number of aryl methyl sites for hydroxylation is 1. The zero-order chi connectivity index (χ0) is 16.5. The third-order valence-electron chi connectivity index (χ3n) is 5.13. The molecule has 4 rings (SSSR count). The lowest BCUT2D eigenvalue weighted by Crippen LogP contribution is -2.48. The molecule has 6 heteroatoms. The van der Waals surface area contributed by atoms with Crippen molar-refractivity contribution in [3.8, 4) is 0 Å². The van der Waals surface area contributed by atoms with E-state index in [-0.39, 0.29) is 0 Å². The molecule has 1 aliphatic carbocycles. The lowest BCUT2D eigenvalue weighted by molar-refractivity contribution is 0.177. The maximum absolute atomic E-state index is 5.96. The van der Waals surface area contributed by atoms with E-state index in [2.05, 4.69) is 27.5 Å². The Morgan fingerprint density at radius 2 is 2.04 bits per heavy atom. The minimum atomic E-state index is 0.490. The molecule has 0 radical (unpaired) electrons. The van der Waals surface area contributed by atoms with Crippen LogP contribution in [0.1, 0.15) is 42.4 Å². The van der Waals surface area contributed by atoms with E-state index in [1.54, 1.807) is 7.11 Å². The average Bonchev–Trinajstić information content (AvgIpc) is 2.93. The van der Waals surface area contributed by atoms with E-state index < -0.39 is 0 Å². The van der Waals surface area contributed by atoms with E-state index in [9.17, 15) is 0 Å². The third kappa shape index (κ3) is 3.34. The molecule has 1 fully saturated rings. The van der Waals surface area contributed by atoms with Gasteiger partial charge >= 0.3 is 0 Å². The molecule has 0 bridgehead atoms. The number of fused-ring (bicyclic) bond motifs is 1. The SMILES string of the molecule is COCc1nc2n(n1)C[C@@H](NC1CC(c3ccc(Cl)cc3)C1)CC2. The fourth-order valence-electron chi connectivity index (χ4n) is 3.78. The maximum Gasteiger partial charge on any atom is 0.176 e. The Kier molecular flexibility index (Phi) is 4.57. The van der Waals surface area contributed by atoms with E-state index in [1.165, 1.54) is 18.4 Å². The van der Waals surface area contributed by atoms with Crippen LogP contribution in [0, 0.1) is 0 Å². The summed E-state index contributed by atoms with van der Waals surface area (Å²) in [5.74, 6) is 2.55. The maximum atomic E-state index is 5.96. The molecule has 24 heavy (non-hydrogen) atoms. The molecule has 5 nitrogen and oxygen atoms in total. The van der Waals surface area contributed by atoms with Crippen molar-refractivity contribution in [2.75, 3.05) is 7.11 Å². The predicted octanol–water partition coefficient (Wildman–Crippen LogP) is 2.93. The fourth-order valence-corrected chi connectivity index (χ4v) is 3.91. The summed E-state index contributed by atoms with van der Waals surface area (Å²) in [6.45, 7) is 1.40. The highest BCUT2D eigenvalue weighted by Gasteiger charge is 2.32. The van der Waals surface area contributed by atoms with Crippen LogP contribution in [0.3, 0.4) is 0 Å². The van der Waals surface area contributed by atoms with Crippen LogP contribution in [0.5, 0.6) is 0 Å². The Labute approximate surface area is 147 Å². The van der Waals surface area contributed by atoms with Crippen molar-refractivity contribution in [3.63, 3.8) is 0 Å². The standard InChI is InChI=1S/C18H23ClN4O/c1-24-11-17-21-18-7-6-15(10-23(18)22-17)20-16-8-13(9-16)12-2-4-14(19)5-3-12/h2-5,13,15-16,20H,6-11H2,1H3/t13?,15-,16?/m0/s1. The van der Waals surface area contributed by atoms with E-state index >= 15 is 0 Å². The van der Waals surface area contributed by atoms with Gasteiger partial charge in [-0.3, -0.25) is 0 Å². The van der Waals surface area contributed by atoms with Gasteiger partial charge in [-0.25, -0.2) is 9.67 Å². The van der Waals surface area contributed by atoms with Crippen molar-refractivity contribution in [1.82, 2.24) is 20.1 Å². The number of hydrogen-bond donors (Lipinski definition) is 1. The molecule has 2 aliphatic rings. The highest BCUT2D eigenvalue weighted by Crippen LogP contribution is 2.37. The Morgan fingerprint density at radius 3 is 2.79 bits per heavy atom.